The van der Waals surface area contributed by atoms with Crippen LogP contribution in [0.5, 0.6) is 0 Å². The maximum absolute atomic E-state index is 12.0. The fraction of sp³-hybridized carbons (Fsp3) is 0.176. The van der Waals surface area contributed by atoms with Crippen LogP contribution in [0.25, 0.3) is 0 Å². The monoisotopic (exact) mass is 384 g/mol. The number of nitrogens with one attached hydrogen (secondary N) is 1. The number of amides is 1. The van der Waals surface area contributed by atoms with Crippen LogP contribution in [0.3, 0.4) is 0 Å². The Bertz CT molecular complexity index is 966. The smallest absolute Gasteiger partial charge is 0.358 e. The van der Waals surface area contributed by atoms with E-state index in [2.05, 4.69) is 20.4 Å². The molecule has 10 heteroatoms. The van der Waals surface area contributed by atoms with E-state index in [0.29, 0.717) is 10.8 Å². The van der Waals surface area contributed by atoms with Gasteiger partial charge in [0.2, 0.25) is 5.91 Å². The van der Waals surface area contributed by atoms with Gasteiger partial charge in [-0.05, 0) is 60.9 Å². The van der Waals surface area contributed by atoms with Gasteiger partial charge in [-0.15, -0.1) is 0 Å². The highest BCUT2D eigenvalue weighted by Gasteiger charge is 2.13. The number of nitrogens with zero attached hydrogens (tertiary/aromatic N) is 5. The molecular formula is C17H16N6O3S. The second-order valence-corrected chi connectivity index (χ2v) is 6.78. The second kappa shape index (κ2) is 7.96. The van der Waals surface area contributed by atoms with Crippen LogP contribution in [0, 0.1) is 24.0 Å². The Labute approximate surface area is 159 Å². The van der Waals surface area contributed by atoms with Gasteiger partial charge in [0.1, 0.15) is 6.54 Å². The van der Waals surface area contributed by atoms with Gasteiger partial charge in [-0.2, -0.15) is 4.68 Å². The Hall–Kier alpha value is -3.27. The third-order valence-corrected chi connectivity index (χ3v) is 4.30. The van der Waals surface area contributed by atoms with Crippen molar-refractivity contribution in [3.05, 3.63) is 64.1 Å². The summed E-state index contributed by atoms with van der Waals surface area (Å²) in [6.45, 7) is 3.73. The minimum atomic E-state index is -0.607. The molecule has 0 bridgehead atoms. The molecule has 2 heterocycles. The minimum absolute atomic E-state index is 0.110. The van der Waals surface area contributed by atoms with Crippen LogP contribution in [-0.4, -0.2) is 30.6 Å². The second-order valence-electron chi connectivity index (χ2n) is 5.74. The molecule has 1 N–H and O–H groups in total. The Kier molecular flexibility index (Phi) is 5.46. The lowest BCUT2D eigenvalue weighted by Crippen LogP contribution is -2.19. The Morgan fingerprint density at radius 3 is 2.44 bits per heavy atom. The molecule has 138 valence electrons. The fourth-order valence-corrected chi connectivity index (χ4v) is 3.20. The van der Waals surface area contributed by atoms with Gasteiger partial charge in [0.15, 0.2) is 5.16 Å². The summed E-state index contributed by atoms with van der Waals surface area (Å²) in [4.78, 5) is 31.8. The van der Waals surface area contributed by atoms with Crippen molar-refractivity contribution in [3.63, 3.8) is 0 Å². The zero-order chi connectivity index (χ0) is 19.4. The number of nitro groups is 1. The number of benzene rings is 1. The van der Waals surface area contributed by atoms with Crippen LogP contribution in [0.4, 0.5) is 11.5 Å². The molecule has 0 saturated carbocycles. The van der Waals surface area contributed by atoms with Gasteiger partial charge >= 0.3 is 5.82 Å². The first kappa shape index (κ1) is 18.5. The highest BCUT2D eigenvalue weighted by atomic mass is 32.2. The van der Waals surface area contributed by atoms with Crippen LogP contribution < -0.4 is 5.32 Å². The average molecular weight is 384 g/mol. The van der Waals surface area contributed by atoms with E-state index in [0.717, 1.165) is 16.3 Å². The fourth-order valence-electron chi connectivity index (χ4n) is 2.33. The highest BCUT2D eigenvalue weighted by Crippen LogP contribution is 2.26. The van der Waals surface area contributed by atoms with Gasteiger partial charge in [-0.1, -0.05) is 0 Å². The van der Waals surface area contributed by atoms with Crippen molar-refractivity contribution < 1.29 is 9.72 Å². The van der Waals surface area contributed by atoms with Crippen molar-refractivity contribution in [1.82, 2.24) is 19.7 Å². The van der Waals surface area contributed by atoms with E-state index in [9.17, 15) is 14.9 Å². The molecule has 2 aromatic heterocycles. The molecule has 0 unspecified atom stereocenters. The quantitative estimate of drug-likeness (QED) is 0.394. The molecule has 0 aliphatic carbocycles. The van der Waals surface area contributed by atoms with Gasteiger partial charge in [0, 0.05) is 22.0 Å². The summed E-state index contributed by atoms with van der Waals surface area (Å²) in [6, 6.07) is 10.4. The molecule has 0 spiro atoms. The first-order chi connectivity index (χ1) is 12.9. The molecule has 0 aliphatic heterocycles. The molecule has 3 aromatic rings. The van der Waals surface area contributed by atoms with Crippen molar-refractivity contribution in [2.75, 3.05) is 5.32 Å². The molecule has 0 radical (unpaired) electrons. The standard InChI is InChI=1S/C17H16N6O3S/c1-11-9-12(2)19-17(18-11)27-14-5-3-13(4-6-14)20-16(24)10-22-8-7-15(21-22)23(25)26/h3-9H,10H2,1-2H3,(H,20,24). The predicted molar refractivity (Wildman–Crippen MR) is 99.6 cm³/mol. The molecule has 0 fully saturated rings. The minimum Gasteiger partial charge on any atom is -0.358 e. The van der Waals surface area contributed by atoms with Crippen LogP contribution in [-0.2, 0) is 11.3 Å². The van der Waals surface area contributed by atoms with Gasteiger partial charge in [0.05, 0.1) is 17.4 Å². The zero-order valence-corrected chi connectivity index (χ0v) is 15.4. The van der Waals surface area contributed by atoms with E-state index < -0.39 is 4.92 Å². The first-order valence-corrected chi connectivity index (χ1v) is 8.78. The maximum atomic E-state index is 12.0. The lowest BCUT2D eigenvalue weighted by Gasteiger charge is -2.06. The molecule has 0 atom stereocenters. The van der Waals surface area contributed by atoms with E-state index in [4.69, 9.17) is 0 Å². The van der Waals surface area contributed by atoms with Crippen LogP contribution >= 0.6 is 11.8 Å². The predicted octanol–water partition coefficient (Wildman–Crippen LogP) is 2.99. The van der Waals surface area contributed by atoms with Crippen molar-refractivity contribution in [1.29, 1.82) is 0 Å². The van der Waals surface area contributed by atoms with Crippen molar-refractivity contribution in [3.8, 4) is 0 Å². The first-order valence-electron chi connectivity index (χ1n) is 7.97. The summed E-state index contributed by atoms with van der Waals surface area (Å²) in [5, 5.41) is 17.7. The van der Waals surface area contributed by atoms with E-state index >= 15 is 0 Å². The Balaban J connectivity index is 1.59. The van der Waals surface area contributed by atoms with Gasteiger partial charge < -0.3 is 15.4 Å². The summed E-state index contributed by atoms with van der Waals surface area (Å²) in [7, 11) is 0. The number of carbonyl (C=O) groups is 1. The summed E-state index contributed by atoms with van der Waals surface area (Å²) in [6.07, 6.45) is 1.39. The van der Waals surface area contributed by atoms with Crippen LogP contribution in [0.2, 0.25) is 0 Å². The van der Waals surface area contributed by atoms with Gasteiger partial charge in [-0.3, -0.25) is 4.79 Å². The summed E-state index contributed by atoms with van der Waals surface area (Å²) < 4.78 is 1.22. The Morgan fingerprint density at radius 2 is 1.85 bits per heavy atom. The molecule has 9 nitrogen and oxygen atoms in total. The van der Waals surface area contributed by atoms with Crippen LogP contribution in [0.1, 0.15) is 11.4 Å². The Morgan fingerprint density at radius 1 is 1.19 bits per heavy atom. The molecule has 27 heavy (non-hydrogen) atoms. The van der Waals surface area contributed by atoms with E-state index in [-0.39, 0.29) is 18.3 Å². The normalized spacial score (nSPS) is 10.6. The third-order valence-electron chi connectivity index (χ3n) is 3.43. The molecular weight excluding hydrogens is 368 g/mol. The van der Waals surface area contributed by atoms with Crippen molar-refractivity contribution in [2.24, 2.45) is 0 Å². The highest BCUT2D eigenvalue weighted by molar-refractivity contribution is 7.99. The number of aryl methyl sites for hydroxylation is 2. The molecule has 1 aromatic carbocycles. The number of hydrogen-bond donors (Lipinski definition) is 1. The number of anilines is 1. The number of hydrogen-bond acceptors (Lipinski definition) is 7. The number of rotatable bonds is 6. The summed E-state index contributed by atoms with van der Waals surface area (Å²) in [5.74, 6) is -0.621. The van der Waals surface area contributed by atoms with Gasteiger partial charge in [0.25, 0.3) is 0 Å². The van der Waals surface area contributed by atoms with E-state index in [1.54, 1.807) is 12.1 Å². The lowest BCUT2D eigenvalue weighted by atomic mass is 10.3. The number of aromatic nitrogens is 4. The van der Waals surface area contributed by atoms with Crippen molar-refractivity contribution >= 4 is 29.2 Å². The van der Waals surface area contributed by atoms with Crippen molar-refractivity contribution in [2.45, 2.75) is 30.4 Å². The summed E-state index contributed by atoms with van der Waals surface area (Å²) >= 11 is 1.44. The molecule has 1 amide bonds. The number of carbonyl (C=O) groups excluding carboxylic acids is 1. The summed E-state index contributed by atoms with van der Waals surface area (Å²) in [5.41, 5.74) is 2.44. The molecule has 0 saturated heterocycles. The lowest BCUT2D eigenvalue weighted by molar-refractivity contribution is -0.389. The van der Waals surface area contributed by atoms with E-state index in [1.165, 1.54) is 28.7 Å². The molecule has 3 rings (SSSR count). The maximum Gasteiger partial charge on any atom is 0.389 e. The SMILES string of the molecule is Cc1cc(C)nc(Sc2ccc(NC(=O)Cn3ccc([N+](=O)[O-])n3)cc2)n1. The largest absolute Gasteiger partial charge is 0.389 e. The molecule has 0 aliphatic rings. The van der Waals surface area contributed by atoms with E-state index in [1.807, 2.05) is 32.0 Å². The topological polar surface area (TPSA) is 116 Å². The van der Waals surface area contributed by atoms with Crippen LogP contribution in [0.15, 0.2) is 52.6 Å². The van der Waals surface area contributed by atoms with Gasteiger partial charge in [-0.25, -0.2) is 9.97 Å². The third kappa shape index (κ3) is 5.11. The average Bonchev–Trinajstić information content (AvgIpc) is 3.04. The zero-order valence-electron chi connectivity index (χ0n) is 14.6.